The molecule has 2 aromatic carbocycles. The van der Waals surface area contributed by atoms with Gasteiger partial charge in [0.2, 0.25) is 11.7 Å². The average molecular weight is 651 g/mol. The van der Waals surface area contributed by atoms with Crippen LogP contribution in [0.5, 0.6) is 0 Å². The Bertz CT molecular complexity index is 1590. The monoisotopic (exact) mass is 650 g/mol. The van der Waals surface area contributed by atoms with E-state index in [0.717, 1.165) is 24.3 Å². The normalized spacial score (nSPS) is 18.8. The summed E-state index contributed by atoms with van der Waals surface area (Å²) in [5.41, 5.74) is -1.11. The Hall–Kier alpha value is -3.62. The number of morpholine rings is 1. The molecule has 1 fully saturated rings. The third kappa shape index (κ3) is 7.02. The van der Waals surface area contributed by atoms with Gasteiger partial charge in [0.15, 0.2) is 5.82 Å². The van der Waals surface area contributed by atoms with Gasteiger partial charge < -0.3 is 30.4 Å². The van der Waals surface area contributed by atoms with Gasteiger partial charge in [0.1, 0.15) is 17.7 Å². The van der Waals surface area contributed by atoms with Gasteiger partial charge in [0.05, 0.1) is 30.6 Å². The Kier molecular flexibility index (Phi) is 9.23. The van der Waals surface area contributed by atoms with Crippen LogP contribution < -0.4 is 16.0 Å². The molecule has 1 aromatic heterocycles. The van der Waals surface area contributed by atoms with Crippen LogP contribution in [0.1, 0.15) is 58.2 Å². The Balaban J connectivity index is 1.68. The first kappa shape index (κ1) is 31.8. The number of carbonyl (C=O) groups is 3. The number of fused-ring (bicyclic) bond motifs is 1. The summed E-state index contributed by atoms with van der Waals surface area (Å²) in [4.78, 5) is 47.1. The van der Waals surface area contributed by atoms with Gasteiger partial charge in [-0.1, -0.05) is 23.2 Å². The lowest BCUT2D eigenvalue weighted by molar-refractivity contribution is -0.127. The van der Waals surface area contributed by atoms with Crippen LogP contribution in [-0.2, 0) is 9.53 Å². The number of aromatic nitrogens is 2. The van der Waals surface area contributed by atoms with E-state index in [0.29, 0.717) is 26.3 Å². The third-order valence-corrected chi connectivity index (χ3v) is 7.73. The molecule has 15 heteroatoms. The van der Waals surface area contributed by atoms with Crippen LogP contribution >= 0.6 is 23.2 Å². The number of nitrogens with one attached hydrogen (secondary N) is 3. The maximum absolute atomic E-state index is 14.5. The highest BCUT2D eigenvalue weighted by molar-refractivity contribution is 6.31. The van der Waals surface area contributed by atoms with Gasteiger partial charge in [-0.3, -0.25) is 19.3 Å². The Morgan fingerprint density at radius 3 is 2.52 bits per heavy atom. The molecule has 1 saturated heterocycles. The molecule has 3 heterocycles. The second-order valence-electron chi connectivity index (χ2n) is 11.2. The van der Waals surface area contributed by atoms with E-state index in [2.05, 4.69) is 20.9 Å². The van der Waals surface area contributed by atoms with Crippen LogP contribution in [0.2, 0.25) is 10.0 Å². The molecule has 2 atom stereocenters. The summed E-state index contributed by atoms with van der Waals surface area (Å²) in [5, 5.41) is 18.4. The molecule has 0 saturated carbocycles. The quantitative estimate of drug-likeness (QED) is 0.293. The van der Waals surface area contributed by atoms with Crippen molar-refractivity contribution >= 4 is 46.7 Å². The molecule has 0 bridgehead atoms. The first-order valence-corrected chi connectivity index (χ1v) is 14.5. The topological polar surface area (TPSA) is 138 Å². The molecule has 44 heavy (non-hydrogen) atoms. The molecule has 0 unspecified atom stereocenters. The Morgan fingerprint density at radius 2 is 1.84 bits per heavy atom. The van der Waals surface area contributed by atoms with Crippen LogP contribution in [-0.4, -0.2) is 82.3 Å². The van der Waals surface area contributed by atoms with Gasteiger partial charge in [0.25, 0.3) is 11.8 Å². The van der Waals surface area contributed by atoms with Gasteiger partial charge in [-0.2, -0.15) is 0 Å². The molecule has 11 nitrogen and oxygen atoms in total. The molecular formula is C29H30Cl2F2N6O5. The molecule has 2 aliphatic heterocycles. The number of rotatable bonds is 8. The molecular weight excluding hydrogens is 621 g/mol. The number of anilines is 1. The van der Waals surface area contributed by atoms with Crippen LogP contribution in [0.4, 0.5) is 14.6 Å². The van der Waals surface area contributed by atoms with Crippen molar-refractivity contribution in [3.05, 3.63) is 80.7 Å². The standard InChI is InChI=1S/C29H30Cl2F2N6O5/c1-29(2,43)14-34-28(42)25-36-24(37-26(40)15-9-16(30)11-18(33)10-15)23-22(19-12-17(32)3-4-20(19)31)35-27(41)21(39(23)25)13-38-5-7-44-8-6-38/h3-4,9-12,21-22,43H,5-8,13-14H2,1-2H3,(H,34,42)(H,35,41)(H,37,40)/t21-,22-/m0/s1. The number of benzene rings is 2. The van der Waals surface area contributed by atoms with Crippen molar-refractivity contribution < 1.29 is 33.0 Å². The number of halogens is 4. The molecule has 5 rings (SSSR count). The maximum atomic E-state index is 14.5. The third-order valence-electron chi connectivity index (χ3n) is 7.17. The highest BCUT2D eigenvalue weighted by atomic mass is 35.5. The number of nitrogens with zero attached hydrogens (tertiary/aromatic N) is 3. The van der Waals surface area contributed by atoms with Crippen molar-refractivity contribution in [1.29, 1.82) is 0 Å². The summed E-state index contributed by atoms with van der Waals surface area (Å²) < 4.78 is 35.4. The van der Waals surface area contributed by atoms with Crippen molar-refractivity contribution in [2.45, 2.75) is 31.5 Å². The lowest BCUT2D eigenvalue weighted by Gasteiger charge is -2.37. The van der Waals surface area contributed by atoms with E-state index >= 15 is 0 Å². The summed E-state index contributed by atoms with van der Waals surface area (Å²) in [6.07, 6.45) is 0. The lowest BCUT2D eigenvalue weighted by atomic mass is 9.98. The lowest BCUT2D eigenvalue weighted by Crippen LogP contribution is -2.50. The van der Waals surface area contributed by atoms with Crippen molar-refractivity contribution in [3.63, 3.8) is 0 Å². The van der Waals surface area contributed by atoms with Gasteiger partial charge in [-0.25, -0.2) is 13.8 Å². The van der Waals surface area contributed by atoms with Crippen LogP contribution in [0.3, 0.4) is 0 Å². The highest BCUT2D eigenvalue weighted by Crippen LogP contribution is 2.39. The van der Waals surface area contributed by atoms with Gasteiger partial charge in [-0.15, -0.1) is 0 Å². The predicted molar refractivity (Wildman–Crippen MR) is 158 cm³/mol. The number of ether oxygens (including phenoxy) is 1. The SMILES string of the molecule is CC(C)(O)CNC(=O)c1nc(NC(=O)c2cc(F)cc(Cl)c2)c2n1[C@@H](CN1CCOCC1)C(=O)N[C@H]2c1cc(F)ccc1Cl. The molecule has 0 aliphatic carbocycles. The molecule has 0 spiro atoms. The number of hydrogen-bond acceptors (Lipinski definition) is 7. The largest absolute Gasteiger partial charge is 0.389 e. The minimum atomic E-state index is -1.27. The first-order valence-electron chi connectivity index (χ1n) is 13.8. The molecule has 234 valence electrons. The van der Waals surface area contributed by atoms with Crippen molar-refractivity contribution in [1.82, 2.24) is 25.1 Å². The Labute approximate surface area is 261 Å². The minimum absolute atomic E-state index is 0.0176. The van der Waals surface area contributed by atoms with Crippen LogP contribution in [0.25, 0.3) is 0 Å². The smallest absolute Gasteiger partial charge is 0.287 e. The van der Waals surface area contributed by atoms with E-state index in [9.17, 15) is 28.3 Å². The number of hydrogen-bond donors (Lipinski definition) is 4. The minimum Gasteiger partial charge on any atom is -0.389 e. The fourth-order valence-corrected chi connectivity index (χ4v) is 5.56. The van der Waals surface area contributed by atoms with Crippen molar-refractivity contribution in [2.24, 2.45) is 0 Å². The molecule has 4 N–H and O–H groups in total. The molecule has 0 radical (unpaired) electrons. The zero-order chi connectivity index (χ0) is 31.8. The molecule has 3 aromatic rings. The van der Waals surface area contributed by atoms with Crippen LogP contribution in [0.15, 0.2) is 36.4 Å². The second kappa shape index (κ2) is 12.8. The predicted octanol–water partition coefficient (Wildman–Crippen LogP) is 3.31. The number of amides is 3. The van der Waals surface area contributed by atoms with Crippen molar-refractivity contribution in [2.75, 3.05) is 44.7 Å². The maximum Gasteiger partial charge on any atom is 0.287 e. The second-order valence-corrected chi connectivity index (χ2v) is 12.0. The number of aliphatic hydroxyl groups is 1. The van der Waals surface area contributed by atoms with E-state index in [1.807, 2.05) is 4.90 Å². The molecule has 2 aliphatic rings. The highest BCUT2D eigenvalue weighted by Gasteiger charge is 2.42. The Morgan fingerprint density at radius 1 is 1.11 bits per heavy atom. The summed E-state index contributed by atoms with van der Waals surface area (Å²) in [6.45, 7) is 4.94. The van der Waals surface area contributed by atoms with Crippen LogP contribution in [0, 0.1) is 11.6 Å². The van der Waals surface area contributed by atoms with E-state index in [-0.39, 0.29) is 51.6 Å². The van der Waals surface area contributed by atoms with E-state index in [1.54, 1.807) is 0 Å². The number of carbonyl (C=O) groups excluding carboxylic acids is 3. The average Bonchev–Trinajstić information content (AvgIpc) is 3.33. The fourth-order valence-electron chi connectivity index (χ4n) is 5.11. The summed E-state index contributed by atoms with van der Waals surface area (Å²) in [5.74, 6) is -3.83. The van der Waals surface area contributed by atoms with Crippen molar-refractivity contribution in [3.8, 4) is 0 Å². The molecule has 3 amide bonds. The zero-order valence-corrected chi connectivity index (χ0v) is 25.3. The number of imidazole rings is 1. The fraction of sp³-hybridized carbons (Fsp3) is 0.379. The van der Waals surface area contributed by atoms with Gasteiger partial charge in [-0.05, 0) is 50.2 Å². The summed E-state index contributed by atoms with van der Waals surface area (Å²) >= 11 is 12.4. The van der Waals surface area contributed by atoms with Gasteiger partial charge in [0, 0.05) is 47.4 Å². The van der Waals surface area contributed by atoms with Gasteiger partial charge >= 0.3 is 0 Å². The van der Waals surface area contributed by atoms with E-state index in [4.69, 9.17) is 27.9 Å². The zero-order valence-electron chi connectivity index (χ0n) is 23.8. The first-order chi connectivity index (χ1) is 20.8. The van der Waals surface area contributed by atoms with E-state index < -0.39 is 47.0 Å². The summed E-state index contributed by atoms with van der Waals surface area (Å²) in [7, 11) is 0. The summed E-state index contributed by atoms with van der Waals surface area (Å²) in [6, 6.07) is 4.71. The van der Waals surface area contributed by atoms with E-state index in [1.165, 1.54) is 30.5 Å².